The van der Waals surface area contributed by atoms with Crippen LogP contribution in [0.3, 0.4) is 0 Å². The lowest BCUT2D eigenvalue weighted by molar-refractivity contribution is 0.681. The summed E-state index contributed by atoms with van der Waals surface area (Å²) in [5, 5.41) is 7.99. The molecule has 0 saturated carbocycles. The van der Waals surface area contributed by atoms with Crippen LogP contribution in [0.4, 0.5) is 0 Å². The molecule has 1 radical (unpaired) electrons. The van der Waals surface area contributed by atoms with Gasteiger partial charge in [-0.25, -0.2) is 0 Å². The molecule has 2 aromatic rings. The summed E-state index contributed by atoms with van der Waals surface area (Å²) < 4.78 is 2.08. The Morgan fingerprint density at radius 2 is 2.46 bits per heavy atom. The lowest BCUT2D eigenvalue weighted by Gasteiger charge is -2.15. The topological polar surface area (TPSA) is 30.7 Å². The van der Waals surface area contributed by atoms with Crippen molar-refractivity contribution in [3.63, 3.8) is 0 Å². The second kappa shape index (κ2) is 2.42. The van der Waals surface area contributed by atoms with Crippen molar-refractivity contribution in [1.82, 2.24) is 14.8 Å². The summed E-state index contributed by atoms with van der Waals surface area (Å²) in [4.78, 5) is 0. The number of rotatable bonds is 0. The second-order valence-electron chi connectivity index (χ2n) is 3.18. The number of aromatic nitrogens is 3. The third kappa shape index (κ3) is 0.900. The minimum absolute atomic E-state index is 0.970. The molecule has 3 nitrogen and oxygen atoms in total. The van der Waals surface area contributed by atoms with E-state index in [1.165, 1.54) is 11.1 Å². The lowest BCUT2D eigenvalue weighted by atomic mass is 10.0. The Labute approximate surface area is 76.0 Å². The number of benzene rings is 1. The number of hydrogen-bond acceptors (Lipinski definition) is 2. The van der Waals surface area contributed by atoms with E-state index >= 15 is 0 Å². The van der Waals surface area contributed by atoms with Gasteiger partial charge in [-0.2, -0.15) is 0 Å². The van der Waals surface area contributed by atoms with E-state index in [1.807, 2.05) is 12.1 Å². The fraction of sp³-hybridized carbons (Fsp3) is 0.200. The highest BCUT2D eigenvalue weighted by Crippen LogP contribution is 2.26. The highest BCUT2D eigenvalue weighted by atomic mass is 15.3. The molecule has 0 saturated heterocycles. The van der Waals surface area contributed by atoms with Gasteiger partial charge in [0.05, 0.1) is 0 Å². The molecule has 0 spiro atoms. The average Bonchev–Trinajstić information content (AvgIpc) is 2.65. The molecule has 3 heteroatoms. The zero-order valence-electron chi connectivity index (χ0n) is 7.07. The van der Waals surface area contributed by atoms with Crippen molar-refractivity contribution in [3.05, 3.63) is 36.2 Å². The monoisotopic (exact) mass is 170 g/mol. The highest BCUT2D eigenvalue weighted by Gasteiger charge is 2.15. The molecule has 13 heavy (non-hydrogen) atoms. The summed E-state index contributed by atoms with van der Waals surface area (Å²) in [5.41, 5.74) is 2.52. The first-order valence-electron chi connectivity index (χ1n) is 4.32. The van der Waals surface area contributed by atoms with Crippen molar-refractivity contribution in [1.29, 1.82) is 0 Å². The van der Waals surface area contributed by atoms with Crippen LogP contribution < -0.4 is 0 Å². The van der Waals surface area contributed by atoms with Crippen LogP contribution in [0.25, 0.3) is 11.4 Å². The summed E-state index contributed by atoms with van der Waals surface area (Å²) >= 11 is 0. The van der Waals surface area contributed by atoms with Crippen LogP contribution >= 0.6 is 0 Å². The standard InChI is InChI=1S/C10H8N3/c1-2-4-9-8(3-1)5-6-13-7-11-12-10(9)13/h1,3-4,7H,5-6H2. The smallest absolute Gasteiger partial charge is 0.164 e. The van der Waals surface area contributed by atoms with Crippen LogP contribution in [0.15, 0.2) is 24.5 Å². The van der Waals surface area contributed by atoms with Crippen molar-refractivity contribution in [2.24, 2.45) is 0 Å². The number of fused-ring (bicyclic) bond motifs is 3. The van der Waals surface area contributed by atoms with E-state index in [9.17, 15) is 0 Å². The van der Waals surface area contributed by atoms with Crippen LogP contribution in [0.1, 0.15) is 5.56 Å². The molecule has 1 aliphatic heterocycles. The van der Waals surface area contributed by atoms with Gasteiger partial charge in [0.25, 0.3) is 0 Å². The Balaban J connectivity index is 2.30. The number of nitrogens with zero attached hydrogens (tertiary/aromatic N) is 3. The molecular weight excluding hydrogens is 162 g/mol. The van der Waals surface area contributed by atoms with Gasteiger partial charge < -0.3 is 4.57 Å². The normalized spacial score (nSPS) is 13.5. The Morgan fingerprint density at radius 1 is 1.46 bits per heavy atom. The molecule has 3 rings (SSSR count). The molecule has 0 fully saturated rings. The molecule has 1 aromatic carbocycles. The molecule has 2 heterocycles. The summed E-state index contributed by atoms with van der Waals surface area (Å²) in [7, 11) is 0. The van der Waals surface area contributed by atoms with E-state index in [2.05, 4.69) is 26.9 Å². The van der Waals surface area contributed by atoms with Gasteiger partial charge in [0.15, 0.2) is 5.82 Å². The van der Waals surface area contributed by atoms with E-state index in [0.717, 1.165) is 18.8 Å². The Bertz CT molecular complexity index is 445. The minimum Gasteiger partial charge on any atom is -0.313 e. The van der Waals surface area contributed by atoms with E-state index in [1.54, 1.807) is 6.33 Å². The first kappa shape index (κ1) is 6.83. The fourth-order valence-electron chi connectivity index (χ4n) is 1.76. The van der Waals surface area contributed by atoms with Gasteiger partial charge in [0.2, 0.25) is 0 Å². The molecule has 0 atom stereocenters. The second-order valence-corrected chi connectivity index (χ2v) is 3.18. The predicted octanol–water partition coefficient (Wildman–Crippen LogP) is 1.30. The van der Waals surface area contributed by atoms with Crippen molar-refractivity contribution >= 4 is 0 Å². The lowest BCUT2D eigenvalue weighted by Crippen LogP contribution is -2.09. The quantitative estimate of drug-likeness (QED) is 0.596. The van der Waals surface area contributed by atoms with Crippen LogP contribution in [-0.4, -0.2) is 14.8 Å². The Hall–Kier alpha value is -1.64. The van der Waals surface area contributed by atoms with Gasteiger partial charge in [0, 0.05) is 12.1 Å². The van der Waals surface area contributed by atoms with E-state index in [0.29, 0.717) is 0 Å². The van der Waals surface area contributed by atoms with E-state index < -0.39 is 0 Å². The fourth-order valence-corrected chi connectivity index (χ4v) is 1.76. The van der Waals surface area contributed by atoms with Crippen molar-refractivity contribution < 1.29 is 0 Å². The summed E-state index contributed by atoms with van der Waals surface area (Å²) in [6, 6.07) is 9.11. The molecular formula is C10H8N3. The molecule has 63 valence electrons. The van der Waals surface area contributed by atoms with Gasteiger partial charge in [0.1, 0.15) is 6.33 Å². The predicted molar refractivity (Wildman–Crippen MR) is 48.0 cm³/mol. The molecule has 0 N–H and O–H groups in total. The van der Waals surface area contributed by atoms with Crippen LogP contribution in [-0.2, 0) is 13.0 Å². The molecule has 0 aliphatic carbocycles. The van der Waals surface area contributed by atoms with Gasteiger partial charge in [-0.3, -0.25) is 0 Å². The minimum atomic E-state index is 0.970. The zero-order chi connectivity index (χ0) is 8.67. The van der Waals surface area contributed by atoms with E-state index in [4.69, 9.17) is 0 Å². The van der Waals surface area contributed by atoms with Crippen LogP contribution in [0.2, 0.25) is 0 Å². The maximum absolute atomic E-state index is 4.09. The molecule has 0 bridgehead atoms. The summed E-state index contributed by atoms with van der Waals surface area (Å²) in [5.74, 6) is 0.970. The van der Waals surface area contributed by atoms with Crippen LogP contribution in [0.5, 0.6) is 0 Å². The van der Waals surface area contributed by atoms with Crippen molar-refractivity contribution in [3.8, 4) is 11.4 Å². The average molecular weight is 170 g/mol. The third-order valence-corrected chi connectivity index (χ3v) is 2.43. The largest absolute Gasteiger partial charge is 0.313 e. The van der Waals surface area contributed by atoms with Crippen LogP contribution in [0, 0.1) is 6.07 Å². The highest BCUT2D eigenvalue weighted by molar-refractivity contribution is 5.61. The summed E-state index contributed by atoms with van der Waals surface area (Å²) in [6.45, 7) is 0.985. The Morgan fingerprint density at radius 3 is 3.46 bits per heavy atom. The zero-order valence-corrected chi connectivity index (χ0v) is 7.07. The van der Waals surface area contributed by atoms with Gasteiger partial charge in [-0.15, -0.1) is 10.2 Å². The molecule has 1 aliphatic rings. The maximum Gasteiger partial charge on any atom is 0.164 e. The third-order valence-electron chi connectivity index (χ3n) is 2.43. The van der Waals surface area contributed by atoms with Crippen molar-refractivity contribution in [2.75, 3.05) is 0 Å². The maximum atomic E-state index is 4.09. The van der Waals surface area contributed by atoms with Gasteiger partial charge >= 0.3 is 0 Å². The summed E-state index contributed by atoms with van der Waals surface area (Å²) in [6.07, 6.45) is 2.85. The van der Waals surface area contributed by atoms with Crippen molar-refractivity contribution in [2.45, 2.75) is 13.0 Å². The number of aryl methyl sites for hydroxylation is 2. The molecule has 0 unspecified atom stereocenters. The Kier molecular flexibility index (Phi) is 1.27. The SMILES string of the molecule is [c]1ccc2c(c1)-c1nncn1CC2. The molecule has 0 amide bonds. The first-order valence-corrected chi connectivity index (χ1v) is 4.32. The first-order chi connectivity index (χ1) is 6.45. The molecule has 1 aromatic heterocycles. The van der Waals surface area contributed by atoms with Gasteiger partial charge in [-0.05, 0) is 24.1 Å². The van der Waals surface area contributed by atoms with Gasteiger partial charge in [-0.1, -0.05) is 12.1 Å². The van der Waals surface area contributed by atoms with E-state index in [-0.39, 0.29) is 0 Å². The number of hydrogen-bond donors (Lipinski definition) is 0.